The number of para-hydroxylation sites is 1. The van der Waals surface area contributed by atoms with E-state index in [1.807, 2.05) is 24.1 Å². The lowest BCUT2D eigenvalue weighted by Gasteiger charge is -2.35. The highest BCUT2D eigenvalue weighted by Crippen LogP contribution is 2.28. The molecule has 0 aliphatic heterocycles. The smallest absolute Gasteiger partial charge is 0.146 e. The third kappa shape index (κ3) is 3.19. The molecule has 0 unspecified atom stereocenters. The zero-order valence-corrected chi connectivity index (χ0v) is 11.0. The van der Waals surface area contributed by atoms with Crippen molar-refractivity contribution in [2.75, 3.05) is 25.0 Å². The molecular formula is C14H23FN2. The molecule has 0 amide bonds. The van der Waals surface area contributed by atoms with E-state index in [2.05, 4.69) is 13.8 Å². The van der Waals surface area contributed by atoms with Crippen LogP contribution in [0.1, 0.15) is 26.7 Å². The zero-order valence-electron chi connectivity index (χ0n) is 11.0. The predicted octanol–water partition coefficient (Wildman–Crippen LogP) is 3.03. The van der Waals surface area contributed by atoms with Crippen LogP contribution in [-0.4, -0.2) is 20.1 Å². The lowest BCUT2D eigenvalue weighted by Crippen LogP contribution is -2.40. The average molecular weight is 238 g/mol. The van der Waals surface area contributed by atoms with Crippen molar-refractivity contribution >= 4 is 5.69 Å². The second-order valence-corrected chi connectivity index (χ2v) is 4.72. The lowest BCUT2D eigenvalue weighted by molar-refractivity contribution is 0.280. The van der Waals surface area contributed by atoms with E-state index in [-0.39, 0.29) is 11.2 Å². The molecule has 1 aromatic carbocycles. The Kier molecular flexibility index (Phi) is 4.94. The summed E-state index contributed by atoms with van der Waals surface area (Å²) in [6, 6.07) is 6.87. The van der Waals surface area contributed by atoms with Gasteiger partial charge >= 0.3 is 0 Å². The molecule has 2 N–H and O–H groups in total. The van der Waals surface area contributed by atoms with E-state index < -0.39 is 0 Å². The first kappa shape index (κ1) is 14.0. The summed E-state index contributed by atoms with van der Waals surface area (Å²) in [5.74, 6) is -0.173. The van der Waals surface area contributed by atoms with Gasteiger partial charge in [0.1, 0.15) is 5.82 Å². The maximum Gasteiger partial charge on any atom is 0.146 e. The molecule has 96 valence electrons. The average Bonchev–Trinajstić information content (AvgIpc) is 2.36. The van der Waals surface area contributed by atoms with Crippen LogP contribution in [0.15, 0.2) is 24.3 Å². The Bertz CT molecular complexity index is 340. The van der Waals surface area contributed by atoms with Gasteiger partial charge in [0.2, 0.25) is 0 Å². The van der Waals surface area contributed by atoms with Gasteiger partial charge in [-0.15, -0.1) is 0 Å². The van der Waals surface area contributed by atoms with Gasteiger partial charge in [0, 0.05) is 13.6 Å². The Morgan fingerprint density at radius 1 is 1.24 bits per heavy atom. The minimum atomic E-state index is -0.173. The van der Waals surface area contributed by atoms with E-state index in [1.54, 1.807) is 6.07 Å². The van der Waals surface area contributed by atoms with E-state index in [0.717, 1.165) is 19.4 Å². The highest BCUT2D eigenvalue weighted by molar-refractivity contribution is 5.47. The van der Waals surface area contributed by atoms with E-state index in [4.69, 9.17) is 5.73 Å². The Morgan fingerprint density at radius 2 is 1.82 bits per heavy atom. The first-order chi connectivity index (χ1) is 8.08. The van der Waals surface area contributed by atoms with Crippen LogP contribution in [0.4, 0.5) is 10.1 Å². The summed E-state index contributed by atoms with van der Waals surface area (Å²) in [5, 5.41) is 0. The van der Waals surface area contributed by atoms with Crippen molar-refractivity contribution in [3.63, 3.8) is 0 Å². The standard InChI is InChI=1S/C14H23FN2/c1-4-14(5-2,10-16)11-17(3)13-9-7-6-8-12(13)15/h6-9H,4-5,10-11,16H2,1-3H3. The number of benzene rings is 1. The van der Waals surface area contributed by atoms with Crippen LogP contribution in [0.25, 0.3) is 0 Å². The van der Waals surface area contributed by atoms with Crippen molar-refractivity contribution in [2.45, 2.75) is 26.7 Å². The normalized spacial score (nSPS) is 11.6. The number of halogens is 1. The molecule has 0 saturated carbocycles. The van der Waals surface area contributed by atoms with Crippen LogP contribution in [0.3, 0.4) is 0 Å². The number of anilines is 1. The molecule has 0 aliphatic carbocycles. The van der Waals surface area contributed by atoms with Gasteiger partial charge < -0.3 is 10.6 Å². The van der Waals surface area contributed by atoms with Crippen LogP contribution in [0.5, 0.6) is 0 Å². The van der Waals surface area contributed by atoms with Gasteiger partial charge in [-0.25, -0.2) is 4.39 Å². The third-order valence-corrected chi connectivity index (χ3v) is 3.77. The van der Waals surface area contributed by atoms with Crippen LogP contribution in [0.2, 0.25) is 0 Å². The van der Waals surface area contributed by atoms with Gasteiger partial charge in [-0.2, -0.15) is 0 Å². The van der Waals surface area contributed by atoms with E-state index in [1.165, 1.54) is 6.07 Å². The van der Waals surface area contributed by atoms with Crippen LogP contribution in [0, 0.1) is 11.2 Å². The van der Waals surface area contributed by atoms with Gasteiger partial charge in [0.15, 0.2) is 0 Å². The second-order valence-electron chi connectivity index (χ2n) is 4.72. The Morgan fingerprint density at radius 3 is 2.29 bits per heavy atom. The molecule has 0 atom stereocenters. The number of nitrogens with two attached hydrogens (primary N) is 1. The van der Waals surface area contributed by atoms with Gasteiger partial charge in [-0.05, 0) is 36.9 Å². The molecule has 0 spiro atoms. The van der Waals surface area contributed by atoms with E-state index in [0.29, 0.717) is 12.2 Å². The minimum absolute atomic E-state index is 0.0804. The minimum Gasteiger partial charge on any atom is -0.372 e. The first-order valence-corrected chi connectivity index (χ1v) is 6.24. The molecule has 3 heteroatoms. The number of rotatable bonds is 6. The molecule has 0 saturated heterocycles. The van der Waals surface area contributed by atoms with Crippen molar-refractivity contribution in [2.24, 2.45) is 11.1 Å². The summed E-state index contributed by atoms with van der Waals surface area (Å²) < 4.78 is 13.7. The fraction of sp³-hybridized carbons (Fsp3) is 0.571. The van der Waals surface area contributed by atoms with Crippen molar-refractivity contribution in [3.05, 3.63) is 30.1 Å². The van der Waals surface area contributed by atoms with Crippen LogP contribution in [-0.2, 0) is 0 Å². The topological polar surface area (TPSA) is 29.3 Å². The molecule has 1 rings (SSSR count). The Balaban J connectivity index is 2.84. The molecule has 1 aromatic rings. The molecule has 2 nitrogen and oxygen atoms in total. The molecular weight excluding hydrogens is 215 g/mol. The summed E-state index contributed by atoms with van der Waals surface area (Å²) >= 11 is 0. The summed E-state index contributed by atoms with van der Waals surface area (Å²) in [7, 11) is 1.92. The second kappa shape index (κ2) is 6.01. The summed E-state index contributed by atoms with van der Waals surface area (Å²) in [4.78, 5) is 1.97. The zero-order chi connectivity index (χ0) is 12.9. The Hall–Kier alpha value is -1.09. The summed E-state index contributed by atoms with van der Waals surface area (Å²) in [6.07, 6.45) is 2.03. The van der Waals surface area contributed by atoms with Crippen molar-refractivity contribution < 1.29 is 4.39 Å². The van der Waals surface area contributed by atoms with Crippen molar-refractivity contribution in [1.29, 1.82) is 0 Å². The van der Waals surface area contributed by atoms with E-state index >= 15 is 0 Å². The Labute approximate surface area is 104 Å². The molecule has 0 bridgehead atoms. The monoisotopic (exact) mass is 238 g/mol. The van der Waals surface area contributed by atoms with Crippen molar-refractivity contribution in [1.82, 2.24) is 0 Å². The highest BCUT2D eigenvalue weighted by Gasteiger charge is 2.26. The maximum absolute atomic E-state index is 13.7. The number of hydrogen-bond acceptors (Lipinski definition) is 2. The fourth-order valence-corrected chi connectivity index (χ4v) is 2.18. The molecule has 0 aliphatic rings. The fourth-order valence-electron chi connectivity index (χ4n) is 2.18. The molecule has 17 heavy (non-hydrogen) atoms. The van der Waals surface area contributed by atoms with Gasteiger partial charge in [0.25, 0.3) is 0 Å². The van der Waals surface area contributed by atoms with E-state index in [9.17, 15) is 4.39 Å². The molecule has 0 radical (unpaired) electrons. The van der Waals surface area contributed by atoms with Gasteiger partial charge in [-0.1, -0.05) is 26.0 Å². The lowest BCUT2D eigenvalue weighted by atomic mass is 9.82. The quantitative estimate of drug-likeness (QED) is 0.825. The molecule has 0 heterocycles. The third-order valence-electron chi connectivity index (χ3n) is 3.77. The van der Waals surface area contributed by atoms with Gasteiger partial charge in [0.05, 0.1) is 5.69 Å². The predicted molar refractivity (Wildman–Crippen MR) is 71.7 cm³/mol. The van der Waals surface area contributed by atoms with Crippen molar-refractivity contribution in [3.8, 4) is 0 Å². The maximum atomic E-state index is 13.7. The summed E-state index contributed by atoms with van der Waals surface area (Å²) in [6.45, 7) is 5.72. The molecule has 0 aromatic heterocycles. The molecule has 0 fully saturated rings. The van der Waals surface area contributed by atoms with Crippen LogP contribution >= 0.6 is 0 Å². The number of hydrogen-bond donors (Lipinski definition) is 1. The SMILES string of the molecule is CCC(CC)(CN)CN(C)c1ccccc1F. The van der Waals surface area contributed by atoms with Crippen LogP contribution < -0.4 is 10.6 Å². The number of nitrogens with zero attached hydrogens (tertiary/aromatic N) is 1. The van der Waals surface area contributed by atoms with Gasteiger partial charge in [-0.3, -0.25) is 0 Å². The highest BCUT2D eigenvalue weighted by atomic mass is 19.1. The summed E-state index contributed by atoms with van der Waals surface area (Å²) in [5.41, 5.74) is 6.60. The first-order valence-electron chi connectivity index (χ1n) is 6.24. The largest absolute Gasteiger partial charge is 0.372 e.